The lowest BCUT2D eigenvalue weighted by Gasteiger charge is -2.10. The van der Waals surface area contributed by atoms with Crippen molar-refractivity contribution < 1.29 is 13.2 Å². The van der Waals surface area contributed by atoms with Crippen LogP contribution in [-0.2, 0) is 12.7 Å². The molecule has 0 fully saturated rings. The predicted octanol–water partition coefficient (Wildman–Crippen LogP) is 4.36. The first-order chi connectivity index (χ1) is 11.9. The molecule has 0 unspecified atom stereocenters. The Kier molecular flexibility index (Phi) is 4.56. The van der Waals surface area contributed by atoms with E-state index in [2.05, 4.69) is 15.3 Å². The minimum Gasteiger partial charge on any atom is -0.399 e. The first kappa shape index (κ1) is 16.8. The van der Waals surface area contributed by atoms with Gasteiger partial charge in [0.15, 0.2) is 0 Å². The topological polar surface area (TPSA) is 63.8 Å². The van der Waals surface area contributed by atoms with E-state index in [4.69, 9.17) is 5.73 Å². The fourth-order valence-electron chi connectivity index (χ4n) is 2.36. The van der Waals surface area contributed by atoms with E-state index in [1.54, 1.807) is 24.3 Å². The van der Waals surface area contributed by atoms with Crippen LogP contribution in [0.2, 0.25) is 0 Å². The largest absolute Gasteiger partial charge is 0.416 e. The van der Waals surface area contributed by atoms with Crippen LogP contribution in [0, 0.1) is 0 Å². The van der Waals surface area contributed by atoms with E-state index in [9.17, 15) is 13.2 Å². The molecule has 7 heteroatoms. The van der Waals surface area contributed by atoms with Gasteiger partial charge in [0.05, 0.1) is 11.3 Å². The Morgan fingerprint density at radius 3 is 2.52 bits per heavy atom. The lowest BCUT2D eigenvalue weighted by molar-refractivity contribution is -0.137. The third-order valence-electron chi connectivity index (χ3n) is 3.58. The van der Waals surface area contributed by atoms with E-state index in [0.29, 0.717) is 22.8 Å². The highest BCUT2D eigenvalue weighted by Crippen LogP contribution is 2.29. The van der Waals surface area contributed by atoms with Gasteiger partial charge < -0.3 is 11.1 Å². The molecule has 2 aromatic carbocycles. The second-order valence-electron chi connectivity index (χ2n) is 5.47. The number of nitrogens with one attached hydrogen (secondary N) is 1. The summed E-state index contributed by atoms with van der Waals surface area (Å²) in [6, 6.07) is 14.2. The predicted molar refractivity (Wildman–Crippen MR) is 90.7 cm³/mol. The number of nitrogens with two attached hydrogens (primary N) is 1. The second-order valence-corrected chi connectivity index (χ2v) is 5.47. The van der Waals surface area contributed by atoms with Crippen molar-refractivity contribution in [1.82, 2.24) is 9.97 Å². The Labute approximate surface area is 142 Å². The van der Waals surface area contributed by atoms with Crippen molar-refractivity contribution in [2.24, 2.45) is 0 Å². The van der Waals surface area contributed by atoms with Crippen molar-refractivity contribution in [3.63, 3.8) is 0 Å². The van der Waals surface area contributed by atoms with Crippen LogP contribution in [0.1, 0.15) is 11.1 Å². The van der Waals surface area contributed by atoms with Crippen molar-refractivity contribution in [3.05, 3.63) is 72.1 Å². The smallest absolute Gasteiger partial charge is 0.399 e. The van der Waals surface area contributed by atoms with Crippen molar-refractivity contribution in [3.8, 4) is 11.3 Å². The number of aromatic nitrogens is 2. The average molecular weight is 344 g/mol. The summed E-state index contributed by atoms with van der Waals surface area (Å²) >= 11 is 0. The fourth-order valence-corrected chi connectivity index (χ4v) is 2.36. The number of nitrogens with zero attached hydrogens (tertiary/aromatic N) is 2. The van der Waals surface area contributed by atoms with E-state index in [1.165, 1.54) is 12.4 Å². The lowest BCUT2D eigenvalue weighted by atomic mass is 10.1. The van der Waals surface area contributed by atoms with E-state index in [-0.39, 0.29) is 6.54 Å². The molecule has 3 rings (SSSR count). The van der Waals surface area contributed by atoms with Crippen LogP contribution in [0.4, 0.5) is 24.7 Å². The summed E-state index contributed by atoms with van der Waals surface area (Å²) in [5, 5.41) is 3.01. The number of hydrogen-bond donors (Lipinski definition) is 2. The Morgan fingerprint density at radius 1 is 0.960 bits per heavy atom. The number of hydrogen-bond acceptors (Lipinski definition) is 4. The molecule has 0 aliphatic carbocycles. The number of benzene rings is 2. The molecule has 0 spiro atoms. The zero-order valence-electron chi connectivity index (χ0n) is 13.1. The molecule has 3 aromatic rings. The Morgan fingerprint density at radius 2 is 1.76 bits per heavy atom. The maximum Gasteiger partial charge on any atom is 0.416 e. The molecule has 0 radical (unpaired) electrons. The number of nitrogen functional groups attached to an aromatic ring is 1. The van der Waals surface area contributed by atoms with Gasteiger partial charge in [-0.25, -0.2) is 9.97 Å². The van der Waals surface area contributed by atoms with E-state index in [0.717, 1.165) is 17.7 Å². The quantitative estimate of drug-likeness (QED) is 0.691. The standard InChI is InChI=1S/C18H15F3N4/c19-18(20,21)14-5-1-3-12(7-14)10-23-17-9-16(24-11-25-17)13-4-2-6-15(22)8-13/h1-9,11H,10,22H2,(H,23,24,25). The SMILES string of the molecule is Nc1cccc(-c2cc(NCc3cccc(C(F)(F)F)c3)ncn2)c1. The summed E-state index contributed by atoms with van der Waals surface area (Å²) in [5.74, 6) is 0.518. The van der Waals surface area contributed by atoms with E-state index >= 15 is 0 Å². The molecule has 4 nitrogen and oxygen atoms in total. The monoisotopic (exact) mass is 344 g/mol. The Hall–Kier alpha value is -3.09. The summed E-state index contributed by atoms with van der Waals surface area (Å²) in [6.45, 7) is 0.220. The maximum atomic E-state index is 12.8. The highest BCUT2D eigenvalue weighted by Gasteiger charge is 2.30. The van der Waals surface area contributed by atoms with Crippen LogP contribution in [0.3, 0.4) is 0 Å². The van der Waals surface area contributed by atoms with Gasteiger partial charge >= 0.3 is 6.18 Å². The summed E-state index contributed by atoms with van der Waals surface area (Å²) in [6.07, 6.45) is -2.96. The number of halogens is 3. The minimum absolute atomic E-state index is 0.220. The van der Waals surface area contributed by atoms with Crippen molar-refractivity contribution in [2.75, 3.05) is 11.1 Å². The average Bonchev–Trinajstić information content (AvgIpc) is 2.60. The minimum atomic E-state index is -4.36. The summed E-state index contributed by atoms with van der Waals surface area (Å²) in [7, 11) is 0. The van der Waals surface area contributed by atoms with Crippen LogP contribution in [-0.4, -0.2) is 9.97 Å². The summed E-state index contributed by atoms with van der Waals surface area (Å²) in [5.41, 5.74) is 7.74. The normalized spacial score (nSPS) is 11.3. The van der Waals surface area contributed by atoms with Gasteiger partial charge in [0.2, 0.25) is 0 Å². The van der Waals surface area contributed by atoms with Crippen LogP contribution in [0.5, 0.6) is 0 Å². The molecule has 3 N–H and O–H groups in total. The molecule has 1 aromatic heterocycles. The molecule has 0 aliphatic heterocycles. The van der Waals surface area contributed by atoms with Gasteiger partial charge in [-0.3, -0.25) is 0 Å². The number of rotatable bonds is 4. The third kappa shape index (κ3) is 4.26. The van der Waals surface area contributed by atoms with Gasteiger partial charge in [0, 0.05) is 23.9 Å². The van der Waals surface area contributed by atoms with Crippen LogP contribution < -0.4 is 11.1 Å². The van der Waals surface area contributed by atoms with Gasteiger partial charge in [-0.15, -0.1) is 0 Å². The molecular weight excluding hydrogens is 329 g/mol. The third-order valence-corrected chi connectivity index (χ3v) is 3.58. The first-order valence-electron chi connectivity index (χ1n) is 7.50. The van der Waals surface area contributed by atoms with Crippen LogP contribution in [0.25, 0.3) is 11.3 Å². The molecule has 0 aliphatic rings. The molecule has 0 bridgehead atoms. The maximum absolute atomic E-state index is 12.8. The number of alkyl halides is 3. The van der Waals surface area contributed by atoms with Crippen LogP contribution >= 0.6 is 0 Å². The number of anilines is 2. The van der Waals surface area contributed by atoms with Gasteiger partial charge in [0.25, 0.3) is 0 Å². The molecule has 0 saturated heterocycles. The molecule has 0 saturated carbocycles. The lowest BCUT2D eigenvalue weighted by Crippen LogP contribution is -2.07. The molecule has 0 amide bonds. The van der Waals surface area contributed by atoms with Crippen molar-refractivity contribution >= 4 is 11.5 Å². The van der Waals surface area contributed by atoms with Gasteiger partial charge in [-0.05, 0) is 29.8 Å². The van der Waals surface area contributed by atoms with Crippen molar-refractivity contribution in [1.29, 1.82) is 0 Å². The molecule has 25 heavy (non-hydrogen) atoms. The molecule has 128 valence electrons. The highest BCUT2D eigenvalue weighted by atomic mass is 19.4. The zero-order chi connectivity index (χ0) is 17.9. The van der Waals surface area contributed by atoms with Gasteiger partial charge in [-0.1, -0.05) is 24.3 Å². The molecule has 1 heterocycles. The fraction of sp³-hybridized carbons (Fsp3) is 0.111. The Bertz CT molecular complexity index is 878. The van der Waals surface area contributed by atoms with E-state index in [1.807, 2.05) is 12.1 Å². The van der Waals surface area contributed by atoms with Crippen molar-refractivity contribution in [2.45, 2.75) is 12.7 Å². The summed E-state index contributed by atoms with van der Waals surface area (Å²) in [4.78, 5) is 8.29. The summed E-state index contributed by atoms with van der Waals surface area (Å²) < 4.78 is 38.3. The molecule has 0 atom stereocenters. The zero-order valence-corrected chi connectivity index (χ0v) is 13.1. The Balaban J connectivity index is 1.75. The second kappa shape index (κ2) is 6.80. The highest BCUT2D eigenvalue weighted by molar-refractivity contribution is 5.65. The van der Waals surface area contributed by atoms with Gasteiger partial charge in [-0.2, -0.15) is 13.2 Å². The van der Waals surface area contributed by atoms with Crippen LogP contribution in [0.15, 0.2) is 60.9 Å². The van der Waals surface area contributed by atoms with E-state index < -0.39 is 11.7 Å². The van der Waals surface area contributed by atoms with Gasteiger partial charge in [0.1, 0.15) is 12.1 Å². The molecular formula is C18H15F3N4. The first-order valence-corrected chi connectivity index (χ1v) is 7.50.